The van der Waals surface area contributed by atoms with Gasteiger partial charge in [0.2, 0.25) is 0 Å². The fourth-order valence-corrected chi connectivity index (χ4v) is 2.76. The molecule has 0 saturated carbocycles. The van der Waals surface area contributed by atoms with E-state index in [0.29, 0.717) is 6.42 Å². The number of anilines is 1. The van der Waals surface area contributed by atoms with Crippen molar-refractivity contribution in [2.75, 3.05) is 4.90 Å². The van der Waals surface area contributed by atoms with Crippen molar-refractivity contribution < 1.29 is 9.59 Å². The van der Waals surface area contributed by atoms with Gasteiger partial charge in [0.25, 0.3) is 5.91 Å². The second-order valence-corrected chi connectivity index (χ2v) is 4.65. The molecule has 2 aliphatic heterocycles. The summed E-state index contributed by atoms with van der Waals surface area (Å²) in [4.78, 5) is 25.4. The van der Waals surface area contributed by atoms with Crippen LogP contribution in [0.1, 0.15) is 17.5 Å². The molecule has 0 spiro atoms. The Kier molecular flexibility index (Phi) is 2.15. The number of carbonyl (C=O) groups excluding carboxylic acids is 2. The van der Waals surface area contributed by atoms with Gasteiger partial charge >= 0.3 is 0 Å². The number of hydrogen-bond donors (Lipinski definition) is 0. The molecular formula is C14H13NO2. The predicted molar refractivity (Wildman–Crippen MR) is 64.9 cm³/mol. The van der Waals surface area contributed by atoms with Crippen LogP contribution in [0.4, 0.5) is 5.69 Å². The summed E-state index contributed by atoms with van der Waals surface area (Å²) in [6.07, 6.45) is 4.01. The number of carbonyl (C=O) groups is 2. The first-order valence-corrected chi connectivity index (χ1v) is 5.79. The lowest BCUT2D eigenvalue weighted by molar-refractivity contribution is -0.114. The Morgan fingerprint density at radius 1 is 1.18 bits per heavy atom. The standard InChI is InChI=1S/C14H13NO2/c1-9-3-2-4-10-7-11-8-12(16)5-6-13(17)15(11)14(9)10/h2-6,11H,7-8H2,1H3. The Balaban J connectivity index is 2.13. The maximum atomic E-state index is 12.0. The highest BCUT2D eigenvalue weighted by molar-refractivity contribution is 6.10. The van der Waals surface area contributed by atoms with E-state index < -0.39 is 0 Å². The molecule has 1 unspecified atom stereocenters. The van der Waals surface area contributed by atoms with Crippen LogP contribution in [-0.2, 0) is 16.0 Å². The van der Waals surface area contributed by atoms with Crippen LogP contribution in [0.25, 0.3) is 0 Å². The Labute approximate surface area is 99.7 Å². The number of amides is 1. The molecular weight excluding hydrogens is 214 g/mol. The van der Waals surface area contributed by atoms with E-state index in [0.717, 1.165) is 17.7 Å². The van der Waals surface area contributed by atoms with Crippen LogP contribution in [-0.4, -0.2) is 17.7 Å². The molecule has 1 atom stereocenters. The Hall–Kier alpha value is -1.90. The first-order valence-electron chi connectivity index (χ1n) is 5.79. The van der Waals surface area contributed by atoms with Gasteiger partial charge in [0, 0.05) is 18.5 Å². The fraction of sp³-hybridized carbons (Fsp3) is 0.286. The molecule has 0 fully saturated rings. The Bertz CT molecular complexity index is 545. The van der Waals surface area contributed by atoms with Crippen LogP contribution in [0.2, 0.25) is 0 Å². The minimum atomic E-state index is -0.0751. The average molecular weight is 227 g/mol. The van der Waals surface area contributed by atoms with Gasteiger partial charge in [-0.1, -0.05) is 18.2 Å². The van der Waals surface area contributed by atoms with E-state index >= 15 is 0 Å². The monoisotopic (exact) mass is 227 g/mol. The summed E-state index contributed by atoms with van der Waals surface area (Å²) >= 11 is 0. The predicted octanol–water partition coefficient (Wildman–Crippen LogP) is 1.78. The van der Waals surface area contributed by atoms with Crippen LogP contribution in [0.15, 0.2) is 30.4 Å². The molecule has 0 bridgehead atoms. The van der Waals surface area contributed by atoms with Crippen molar-refractivity contribution in [3.05, 3.63) is 41.5 Å². The molecule has 3 nitrogen and oxygen atoms in total. The zero-order chi connectivity index (χ0) is 12.0. The molecule has 0 radical (unpaired) electrons. The maximum absolute atomic E-state index is 12.0. The summed E-state index contributed by atoms with van der Waals surface area (Å²) in [6.45, 7) is 2.00. The van der Waals surface area contributed by atoms with Crippen molar-refractivity contribution in [1.82, 2.24) is 0 Å². The molecule has 0 aliphatic carbocycles. The molecule has 0 aromatic heterocycles. The van der Waals surface area contributed by atoms with E-state index in [9.17, 15) is 9.59 Å². The minimum Gasteiger partial charge on any atom is -0.304 e. The molecule has 86 valence electrons. The normalized spacial score (nSPS) is 22.4. The molecule has 3 heteroatoms. The summed E-state index contributed by atoms with van der Waals surface area (Å²) in [5.41, 5.74) is 3.27. The van der Waals surface area contributed by atoms with Crippen molar-refractivity contribution >= 4 is 17.4 Å². The third kappa shape index (κ3) is 1.50. The first-order chi connectivity index (χ1) is 8.16. The molecule has 2 aliphatic rings. The van der Waals surface area contributed by atoms with Crippen LogP contribution in [0.3, 0.4) is 0 Å². The Morgan fingerprint density at radius 3 is 2.82 bits per heavy atom. The Morgan fingerprint density at radius 2 is 2.00 bits per heavy atom. The number of allylic oxidation sites excluding steroid dienone is 1. The number of nitrogens with zero attached hydrogens (tertiary/aromatic N) is 1. The van der Waals surface area contributed by atoms with Gasteiger partial charge in [0.05, 0.1) is 5.69 Å². The van der Waals surface area contributed by atoms with E-state index in [2.05, 4.69) is 0 Å². The average Bonchev–Trinajstić information content (AvgIpc) is 2.59. The van der Waals surface area contributed by atoms with Gasteiger partial charge in [-0.15, -0.1) is 0 Å². The molecule has 17 heavy (non-hydrogen) atoms. The summed E-state index contributed by atoms with van der Waals surface area (Å²) in [6, 6.07) is 6.05. The fourth-order valence-electron chi connectivity index (χ4n) is 2.76. The number of rotatable bonds is 0. The van der Waals surface area contributed by atoms with Gasteiger partial charge in [-0.05, 0) is 30.5 Å². The number of fused-ring (bicyclic) bond motifs is 3. The molecule has 1 aromatic rings. The lowest BCUT2D eigenvalue weighted by atomic mass is 10.0. The van der Waals surface area contributed by atoms with Crippen LogP contribution in [0, 0.1) is 6.92 Å². The summed E-state index contributed by atoms with van der Waals surface area (Å²) < 4.78 is 0. The van der Waals surface area contributed by atoms with Gasteiger partial charge in [-0.25, -0.2) is 0 Å². The van der Waals surface area contributed by atoms with Crippen molar-refractivity contribution in [2.24, 2.45) is 0 Å². The lowest BCUT2D eigenvalue weighted by Gasteiger charge is -2.23. The molecule has 0 N–H and O–H groups in total. The van der Waals surface area contributed by atoms with Gasteiger partial charge in [-0.3, -0.25) is 9.59 Å². The summed E-state index contributed by atoms with van der Waals surface area (Å²) in [5, 5.41) is 0. The third-order valence-corrected chi connectivity index (χ3v) is 3.47. The quantitative estimate of drug-likeness (QED) is 0.677. The summed E-state index contributed by atoms with van der Waals surface area (Å²) in [5.74, 6) is -0.0368. The summed E-state index contributed by atoms with van der Waals surface area (Å²) in [7, 11) is 0. The van der Waals surface area contributed by atoms with Crippen LogP contribution >= 0.6 is 0 Å². The minimum absolute atomic E-state index is 0.00102. The third-order valence-electron chi connectivity index (χ3n) is 3.47. The SMILES string of the molecule is Cc1cccc2c1N1C(=O)C=CC(=O)CC1C2. The second-order valence-electron chi connectivity index (χ2n) is 4.65. The van der Waals surface area contributed by atoms with Gasteiger partial charge in [0.15, 0.2) is 5.78 Å². The molecule has 0 saturated heterocycles. The van der Waals surface area contributed by atoms with Crippen LogP contribution in [0.5, 0.6) is 0 Å². The topological polar surface area (TPSA) is 37.4 Å². The zero-order valence-electron chi connectivity index (χ0n) is 9.64. The second kappa shape index (κ2) is 3.55. The van der Waals surface area contributed by atoms with Gasteiger partial charge in [-0.2, -0.15) is 0 Å². The van der Waals surface area contributed by atoms with E-state index in [-0.39, 0.29) is 17.7 Å². The number of para-hydroxylation sites is 1. The van der Waals surface area contributed by atoms with E-state index in [1.807, 2.05) is 25.1 Å². The van der Waals surface area contributed by atoms with Crippen molar-refractivity contribution in [3.8, 4) is 0 Å². The van der Waals surface area contributed by atoms with Crippen molar-refractivity contribution in [1.29, 1.82) is 0 Å². The molecule has 2 heterocycles. The molecule has 3 rings (SSSR count). The van der Waals surface area contributed by atoms with Gasteiger partial charge in [0.1, 0.15) is 0 Å². The zero-order valence-corrected chi connectivity index (χ0v) is 9.64. The van der Waals surface area contributed by atoms with Gasteiger partial charge < -0.3 is 4.90 Å². The number of benzene rings is 1. The highest BCUT2D eigenvalue weighted by Gasteiger charge is 2.36. The maximum Gasteiger partial charge on any atom is 0.251 e. The molecule has 1 aromatic carbocycles. The number of ketones is 1. The largest absolute Gasteiger partial charge is 0.304 e. The van der Waals surface area contributed by atoms with Crippen molar-refractivity contribution in [2.45, 2.75) is 25.8 Å². The smallest absolute Gasteiger partial charge is 0.251 e. The van der Waals surface area contributed by atoms with E-state index in [4.69, 9.17) is 0 Å². The van der Waals surface area contributed by atoms with Crippen LogP contribution < -0.4 is 4.90 Å². The number of hydrogen-bond acceptors (Lipinski definition) is 2. The highest BCUT2D eigenvalue weighted by atomic mass is 16.2. The number of aryl methyl sites for hydroxylation is 1. The molecule has 1 amide bonds. The van der Waals surface area contributed by atoms with E-state index in [1.165, 1.54) is 17.7 Å². The first kappa shape index (κ1) is 10.3. The lowest BCUT2D eigenvalue weighted by Crippen LogP contribution is -2.36. The highest BCUT2D eigenvalue weighted by Crippen LogP contribution is 2.37. The van der Waals surface area contributed by atoms with Crippen molar-refractivity contribution in [3.63, 3.8) is 0 Å². The van der Waals surface area contributed by atoms with E-state index in [1.54, 1.807) is 4.90 Å².